The van der Waals surface area contributed by atoms with Crippen molar-refractivity contribution in [3.8, 4) is 0 Å². The van der Waals surface area contributed by atoms with Gasteiger partial charge < -0.3 is 9.80 Å². The molecule has 19 heavy (non-hydrogen) atoms. The van der Waals surface area contributed by atoms with Crippen LogP contribution in [0.5, 0.6) is 0 Å². The Morgan fingerprint density at radius 2 is 1.89 bits per heavy atom. The van der Waals surface area contributed by atoms with Crippen LogP contribution in [-0.4, -0.2) is 65.2 Å². The number of hydrogen-bond acceptors (Lipinski definition) is 5. The van der Waals surface area contributed by atoms with E-state index in [1.807, 2.05) is 0 Å². The van der Waals surface area contributed by atoms with Gasteiger partial charge in [-0.2, -0.15) is 0 Å². The van der Waals surface area contributed by atoms with Crippen molar-refractivity contribution in [3.63, 3.8) is 0 Å². The molecule has 0 bridgehead atoms. The number of allylic oxidation sites excluding steroid dienone is 1. The molecular formula is C11H17FN6O. The van der Waals surface area contributed by atoms with Gasteiger partial charge >= 0.3 is 0 Å². The maximum atomic E-state index is 13.6. The Morgan fingerprint density at radius 3 is 2.42 bits per heavy atom. The minimum absolute atomic E-state index is 0.0495. The van der Waals surface area contributed by atoms with Crippen molar-refractivity contribution in [2.75, 3.05) is 28.2 Å². The van der Waals surface area contributed by atoms with Crippen molar-refractivity contribution in [1.82, 2.24) is 24.9 Å². The lowest BCUT2D eigenvalue weighted by molar-refractivity contribution is 0.0996. The van der Waals surface area contributed by atoms with E-state index in [1.165, 1.54) is 11.2 Å². The number of carbonyl (C=O) groups excluding carboxylic acids is 1. The molecule has 1 heterocycles. The topological polar surface area (TPSA) is 66.6 Å². The van der Waals surface area contributed by atoms with Crippen molar-refractivity contribution in [1.29, 1.82) is 0 Å². The summed E-state index contributed by atoms with van der Waals surface area (Å²) >= 11 is 0. The van der Waals surface area contributed by atoms with Gasteiger partial charge in [0, 0.05) is 34.4 Å². The van der Waals surface area contributed by atoms with Gasteiger partial charge in [-0.05, 0) is 6.92 Å². The van der Waals surface area contributed by atoms with Gasteiger partial charge in [-0.3, -0.25) is 4.79 Å². The first kappa shape index (κ1) is 14.8. The molecule has 0 radical (unpaired) electrons. The molecule has 0 aromatic carbocycles. The van der Waals surface area contributed by atoms with Gasteiger partial charge in [0.2, 0.25) is 5.78 Å². The van der Waals surface area contributed by atoms with E-state index in [9.17, 15) is 9.18 Å². The zero-order chi connectivity index (χ0) is 14.6. The number of nitrogens with zero attached hydrogens (tertiary/aromatic N) is 6. The highest BCUT2D eigenvalue weighted by molar-refractivity contribution is 6.06. The van der Waals surface area contributed by atoms with Crippen LogP contribution in [0.3, 0.4) is 0 Å². The predicted molar refractivity (Wildman–Crippen MR) is 69.5 cm³/mol. The fraction of sp³-hybridized carbons (Fsp3) is 0.455. The summed E-state index contributed by atoms with van der Waals surface area (Å²) in [6, 6.07) is 0. The van der Waals surface area contributed by atoms with E-state index in [1.54, 1.807) is 40.0 Å². The van der Waals surface area contributed by atoms with Crippen molar-refractivity contribution in [2.24, 2.45) is 5.10 Å². The molecule has 0 unspecified atom stereocenters. The number of ketones is 1. The number of halogens is 1. The Balaban J connectivity index is 2.99. The number of rotatable bonds is 5. The molecule has 7 nitrogen and oxygen atoms in total. The maximum absolute atomic E-state index is 13.6. The van der Waals surface area contributed by atoms with E-state index in [0.717, 1.165) is 11.1 Å². The molecule has 1 aromatic heterocycles. The third-order valence-corrected chi connectivity index (χ3v) is 1.96. The molecule has 0 aliphatic rings. The molecule has 1 aromatic rings. The van der Waals surface area contributed by atoms with Crippen LogP contribution in [0.4, 0.5) is 4.39 Å². The Labute approximate surface area is 111 Å². The van der Waals surface area contributed by atoms with E-state index in [-0.39, 0.29) is 5.69 Å². The first-order valence-electron chi connectivity index (χ1n) is 5.54. The van der Waals surface area contributed by atoms with Crippen LogP contribution >= 0.6 is 0 Å². The molecule has 0 fully saturated rings. The Kier molecular flexibility index (Phi) is 4.74. The van der Waals surface area contributed by atoms with E-state index in [0.29, 0.717) is 5.69 Å². The predicted octanol–water partition coefficient (Wildman–Crippen LogP) is 0.495. The molecule has 0 amide bonds. The summed E-state index contributed by atoms with van der Waals surface area (Å²) in [6.45, 7) is 1.57. The van der Waals surface area contributed by atoms with Crippen LogP contribution in [0.2, 0.25) is 0 Å². The molecule has 8 heteroatoms. The molecular weight excluding hydrogens is 251 g/mol. The molecule has 0 aliphatic carbocycles. The van der Waals surface area contributed by atoms with Crippen molar-refractivity contribution < 1.29 is 9.18 Å². The third-order valence-electron chi connectivity index (χ3n) is 1.96. The summed E-state index contributed by atoms with van der Waals surface area (Å²) in [5, 5.41) is 11.6. The van der Waals surface area contributed by atoms with Gasteiger partial charge in [-0.1, -0.05) is 4.91 Å². The smallest absolute Gasteiger partial charge is 0.245 e. The number of aryl methyl sites for hydroxylation is 1. The Bertz CT molecular complexity index is 517. The Hall–Kier alpha value is -2.25. The largest absolute Gasteiger partial charge is 0.381 e. The minimum atomic E-state index is -0.892. The highest BCUT2D eigenvalue weighted by Gasteiger charge is 2.20. The van der Waals surface area contributed by atoms with E-state index >= 15 is 0 Å². The van der Waals surface area contributed by atoms with Crippen LogP contribution < -0.4 is 0 Å². The quantitative estimate of drug-likeness (QED) is 0.336. The standard InChI is InChI=1S/C11H17FN6O/c1-8-10(11(19)9(12)6-16(2)3)15-18(14-8)13-7-17(4)5/h6-7H,1-5H3/b9-6-,13-7?. The minimum Gasteiger partial charge on any atom is -0.381 e. The summed E-state index contributed by atoms with van der Waals surface area (Å²) < 4.78 is 13.6. The molecule has 104 valence electrons. The van der Waals surface area contributed by atoms with Gasteiger partial charge in [0.15, 0.2) is 11.5 Å². The Morgan fingerprint density at radius 1 is 1.26 bits per heavy atom. The van der Waals surface area contributed by atoms with Crippen molar-refractivity contribution >= 4 is 12.1 Å². The van der Waals surface area contributed by atoms with Crippen molar-refractivity contribution in [3.05, 3.63) is 23.4 Å². The monoisotopic (exact) mass is 268 g/mol. The van der Waals surface area contributed by atoms with Gasteiger partial charge in [-0.25, -0.2) is 4.39 Å². The first-order chi connectivity index (χ1) is 8.81. The summed E-state index contributed by atoms with van der Waals surface area (Å²) in [4.78, 5) is 15.9. The average Bonchev–Trinajstić information content (AvgIpc) is 2.66. The molecule has 0 spiro atoms. The van der Waals surface area contributed by atoms with Gasteiger partial charge in [0.05, 0.1) is 5.69 Å². The highest BCUT2D eigenvalue weighted by Crippen LogP contribution is 2.10. The molecule has 0 saturated carbocycles. The van der Waals surface area contributed by atoms with Crippen LogP contribution in [0.1, 0.15) is 16.2 Å². The fourth-order valence-corrected chi connectivity index (χ4v) is 1.17. The molecule has 0 aliphatic heterocycles. The van der Waals surface area contributed by atoms with Crippen LogP contribution in [0.15, 0.2) is 17.1 Å². The van der Waals surface area contributed by atoms with Gasteiger partial charge in [0.25, 0.3) is 0 Å². The van der Waals surface area contributed by atoms with E-state index in [2.05, 4.69) is 15.3 Å². The summed E-state index contributed by atoms with van der Waals surface area (Å²) in [5.41, 5.74) is 0.273. The molecule has 0 atom stereocenters. The average molecular weight is 268 g/mol. The zero-order valence-corrected chi connectivity index (χ0v) is 11.6. The third kappa shape index (κ3) is 4.16. The first-order valence-corrected chi connectivity index (χ1v) is 5.54. The van der Waals surface area contributed by atoms with Crippen molar-refractivity contribution in [2.45, 2.75) is 6.92 Å². The van der Waals surface area contributed by atoms with Crippen LogP contribution in [0, 0.1) is 6.92 Å². The fourth-order valence-electron chi connectivity index (χ4n) is 1.17. The maximum Gasteiger partial charge on any atom is 0.245 e. The SMILES string of the molecule is Cc1nn(N=CN(C)C)nc1C(=O)/C(F)=C/N(C)C. The normalized spacial score (nSPS) is 12.0. The lowest BCUT2D eigenvalue weighted by atomic mass is 10.2. The number of aromatic nitrogens is 3. The highest BCUT2D eigenvalue weighted by atomic mass is 19.1. The zero-order valence-electron chi connectivity index (χ0n) is 11.6. The number of Topliss-reactive ketones (excluding diaryl/α,β-unsaturated/α-hetero) is 1. The molecule has 0 N–H and O–H groups in total. The molecule has 1 rings (SSSR count). The van der Waals surface area contributed by atoms with Gasteiger partial charge in [-0.15, -0.1) is 15.3 Å². The lowest BCUT2D eigenvalue weighted by Gasteiger charge is -2.03. The number of hydrogen-bond donors (Lipinski definition) is 0. The van der Waals surface area contributed by atoms with E-state index < -0.39 is 11.6 Å². The molecule has 0 saturated heterocycles. The second-order valence-corrected chi connectivity index (χ2v) is 4.37. The second kappa shape index (κ2) is 6.07. The van der Waals surface area contributed by atoms with Crippen LogP contribution in [0.25, 0.3) is 0 Å². The summed E-state index contributed by atoms with van der Waals surface area (Å²) in [5.74, 6) is -1.70. The van der Waals surface area contributed by atoms with Gasteiger partial charge in [0.1, 0.15) is 6.34 Å². The van der Waals surface area contributed by atoms with Crippen LogP contribution in [-0.2, 0) is 0 Å². The van der Waals surface area contributed by atoms with E-state index in [4.69, 9.17) is 0 Å². The lowest BCUT2D eigenvalue weighted by Crippen LogP contribution is -2.11. The number of carbonyl (C=O) groups is 1. The summed E-state index contributed by atoms with van der Waals surface area (Å²) in [7, 11) is 6.81. The summed E-state index contributed by atoms with van der Waals surface area (Å²) in [6.07, 6.45) is 2.56. The second-order valence-electron chi connectivity index (χ2n) is 4.37.